The van der Waals surface area contributed by atoms with Gasteiger partial charge in [-0.3, -0.25) is 9.59 Å². The Labute approximate surface area is 125 Å². The van der Waals surface area contributed by atoms with Crippen LogP contribution in [0.15, 0.2) is 11.1 Å². The summed E-state index contributed by atoms with van der Waals surface area (Å²) in [4.78, 5) is 32.0. The van der Waals surface area contributed by atoms with Crippen LogP contribution in [-0.4, -0.2) is 44.7 Å². The third-order valence-corrected chi connectivity index (χ3v) is 4.98. The lowest BCUT2D eigenvalue weighted by Crippen LogP contribution is -2.35. The SMILES string of the molecule is Cc1c(C(=O)N(CCO)C2CC2)sc2ncn(C)c(=O)c12. The van der Waals surface area contributed by atoms with Crippen molar-refractivity contribution < 1.29 is 9.90 Å². The van der Waals surface area contributed by atoms with Crippen LogP contribution in [0, 0.1) is 6.92 Å². The molecule has 0 bridgehead atoms. The highest BCUT2D eigenvalue weighted by Gasteiger charge is 2.34. The molecule has 0 atom stereocenters. The smallest absolute Gasteiger partial charge is 0.264 e. The Bertz CT molecular complexity index is 761. The van der Waals surface area contributed by atoms with Crippen molar-refractivity contribution in [2.24, 2.45) is 7.05 Å². The number of hydrogen-bond donors (Lipinski definition) is 1. The molecule has 0 unspecified atom stereocenters. The van der Waals surface area contributed by atoms with Crippen molar-refractivity contribution >= 4 is 27.5 Å². The second-order valence-corrected chi connectivity index (χ2v) is 6.35. The largest absolute Gasteiger partial charge is 0.395 e. The van der Waals surface area contributed by atoms with Gasteiger partial charge in [0, 0.05) is 19.6 Å². The summed E-state index contributed by atoms with van der Waals surface area (Å²) in [6.07, 6.45) is 3.44. The van der Waals surface area contributed by atoms with Gasteiger partial charge in [0.1, 0.15) is 4.83 Å². The molecule has 1 saturated carbocycles. The molecule has 0 aliphatic heterocycles. The van der Waals surface area contributed by atoms with E-state index >= 15 is 0 Å². The summed E-state index contributed by atoms with van der Waals surface area (Å²) < 4.78 is 1.42. The molecule has 0 saturated heterocycles. The number of fused-ring (bicyclic) bond motifs is 1. The number of carbonyl (C=O) groups excluding carboxylic acids is 1. The molecule has 2 aromatic rings. The molecule has 7 heteroatoms. The van der Waals surface area contributed by atoms with E-state index in [4.69, 9.17) is 5.11 Å². The number of aromatic nitrogens is 2. The summed E-state index contributed by atoms with van der Waals surface area (Å²) in [6.45, 7) is 2.08. The average molecular weight is 307 g/mol. The zero-order valence-corrected chi connectivity index (χ0v) is 12.8. The lowest BCUT2D eigenvalue weighted by Gasteiger charge is -2.20. The first-order valence-electron chi connectivity index (χ1n) is 6.91. The van der Waals surface area contributed by atoms with Crippen LogP contribution in [0.3, 0.4) is 0 Å². The number of aliphatic hydroxyl groups excluding tert-OH is 1. The Morgan fingerprint density at radius 1 is 1.57 bits per heavy atom. The van der Waals surface area contributed by atoms with E-state index < -0.39 is 0 Å². The van der Waals surface area contributed by atoms with Gasteiger partial charge in [-0.15, -0.1) is 11.3 Å². The normalized spacial score (nSPS) is 14.6. The number of carbonyl (C=O) groups is 1. The maximum absolute atomic E-state index is 12.7. The second-order valence-electron chi connectivity index (χ2n) is 5.35. The fourth-order valence-electron chi connectivity index (χ4n) is 2.49. The topological polar surface area (TPSA) is 75.4 Å². The van der Waals surface area contributed by atoms with Crippen LogP contribution in [0.5, 0.6) is 0 Å². The predicted molar refractivity (Wildman–Crippen MR) is 80.7 cm³/mol. The van der Waals surface area contributed by atoms with Crippen molar-refractivity contribution in [1.82, 2.24) is 14.5 Å². The molecule has 112 valence electrons. The Hall–Kier alpha value is -1.73. The lowest BCUT2D eigenvalue weighted by molar-refractivity contribution is 0.0712. The highest BCUT2D eigenvalue weighted by molar-refractivity contribution is 7.20. The van der Waals surface area contributed by atoms with Crippen molar-refractivity contribution in [1.29, 1.82) is 0 Å². The van der Waals surface area contributed by atoms with Gasteiger partial charge in [0.2, 0.25) is 0 Å². The van der Waals surface area contributed by atoms with Gasteiger partial charge in [0.15, 0.2) is 0 Å². The van der Waals surface area contributed by atoms with E-state index in [1.165, 1.54) is 22.2 Å². The highest BCUT2D eigenvalue weighted by Crippen LogP contribution is 2.32. The Morgan fingerprint density at radius 3 is 2.90 bits per heavy atom. The van der Waals surface area contributed by atoms with Crippen molar-refractivity contribution in [3.8, 4) is 0 Å². The molecule has 1 aliphatic rings. The first-order chi connectivity index (χ1) is 10.0. The maximum atomic E-state index is 12.7. The van der Waals surface area contributed by atoms with E-state index in [-0.39, 0.29) is 24.1 Å². The summed E-state index contributed by atoms with van der Waals surface area (Å²) >= 11 is 1.26. The third-order valence-electron chi connectivity index (χ3n) is 3.79. The quantitative estimate of drug-likeness (QED) is 0.910. The molecule has 2 heterocycles. The number of amides is 1. The molecular weight excluding hydrogens is 290 g/mol. The fourth-order valence-corrected chi connectivity index (χ4v) is 3.58. The molecule has 0 spiro atoms. The van der Waals surface area contributed by atoms with Gasteiger partial charge >= 0.3 is 0 Å². The van der Waals surface area contributed by atoms with Gasteiger partial charge in [-0.25, -0.2) is 4.98 Å². The number of nitrogens with zero attached hydrogens (tertiary/aromatic N) is 3. The van der Waals surface area contributed by atoms with Crippen LogP contribution in [0.2, 0.25) is 0 Å². The number of hydrogen-bond acceptors (Lipinski definition) is 5. The maximum Gasteiger partial charge on any atom is 0.264 e. The summed E-state index contributed by atoms with van der Waals surface area (Å²) in [5, 5.41) is 9.66. The minimum absolute atomic E-state index is 0.0494. The number of aliphatic hydroxyl groups is 1. The summed E-state index contributed by atoms with van der Waals surface area (Å²) in [6, 6.07) is 0.227. The minimum atomic E-state index is -0.132. The van der Waals surface area contributed by atoms with Gasteiger partial charge in [-0.05, 0) is 25.3 Å². The van der Waals surface area contributed by atoms with Gasteiger partial charge in [0.25, 0.3) is 11.5 Å². The van der Waals surface area contributed by atoms with Crippen LogP contribution >= 0.6 is 11.3 Å². The molecule has 1 amide bonds. The van der Waals surface area contributed by atoms with Gasteiger partial charge < -0.3 is 14.6 Å². The van der Waals surface area contributed by atoms with E-state index in [0.29, 0.717) is 27.2 Å². The molecule has 1 aliphatic carbocycles. The van der Waals surface area contributed by atoms with Crippen molar-refractivity contribution in [2.75, 3.05) is 13.2 Å². The molecule has 6 nitrogen and oxygen atoms in total. The Morgan fingerprint density at radius 2 is 2.29 bits per heavy atom. The molecule has 0 aromatic carbocycles. The van der Waals surface area contributed by atoms with E-state index in [1.807, 2.05) is 0 Å². The summed E-state index contributed by atoms with van der Waals surface area (Å²) in [7, 11) is 1.65. The zero-order chi connectivity index (χ0) is 15.1. The van der Waals surface area contributed by atoms with Gasteiger partial charge in [-0.2, -0.15) is 0 Å². The van der Waals surface area contributed by atoms with Crippen molar-refractivity contribution in [2.45, 2.75) is 25.8 Å². The van der Waals surface area contributed by atoms with Crippen molar-refractivity contribution in [3.63, 3.8) is 0 Å². The van der Waals surface area contributed by atoms with E-state index in [1.54, 1.807) is 18.9 Å². The molecule has 1 N–H and O–H groups in total. The van der Waals surface area contributed by atoms with Crippen molar-refractivity contribution in [3.05, 3.63) is 27.1 Å². The fraction of sp³-hybridized carbons (Fsp3) is 0.500. The molecule has 21 heavy (non-hydrogen) atoms. The number of thiophene rings is 1. The molecule has 3 rings (SSSR count). The zero-order valence-electron chi connectivity index (χ0n) is 12.0. The average Bonchev–Trinajstić information content (AvgIpc) is 3.24. The molecule has 1 fully saturated rings. The summed E-state index contributed by atoms with van der Waals surface area (Å²) in [5.74, 6) is -0.103. The lowest BCUT2D eigenvalue weighted by atomic mass is 10.2. The van der Waals surface area contributed by atoms with E-state index in [0.717, 1.165) is 12.8 Å². The Kier molecular flexibility index (Phi) is 3.54. The number of rotatable bonds is 4. The monoisotopic (exact) mass is 307 g/mol. The van der Waals surface area contributed by atoms with Gasteiger partial charge in [0.05, 0.1) is 23.2 Å². The summed E-state index contributed by atoms with van der Waals surface area (Å²) in [5.41, 5.74) is 0.560. The Balaban J connectivity index is 2.08. The van der Waals surface area contributed by atoms with Crippen LogP contribution in [-0.2, 0) is 7.05 Å². The predicted octanol–water partition coefficient (Wildman–Crippen LogP) is 0.900. The van der Waals surface area contributed by atoms with Crippen LogP contribution < -0.4 is 5.56 Å². The number of aryl methyl sites for hydroxylation is 2. The third kappa shape index (κ3) is 2.36. The van der Waals surface area contributed by atoms with Crippen LogP contribution in [0.1, 0.15) is 28.1 Å². The molecule has 0 radical (unpaired) electrons. The van der Waals surface area contributed by atoms with Crippen LogP contribution in [0.4, 0.5) is 0 Å². The van der Waals surface area contributed by atoms with E-state index in [9.17, 15) is 9.59 Å². The minimum Gasteiger partial charge on any atom is -0.395 e. The van der Waals surface area contributed by atoms with Gasteiger partial charge in [-0.1, -0.05) is 0 Å². The molecule has 2 aromatic heterocycles. The van der Waals surface area contributed by atoms with E-state index in [2.05, 4.69) is 4.98 Å². The first kappa shape index (κ1) is 14.2. The standard InChI is InChI=1S/C14H17N3O3S/c1-8-10-12(15-7-16(2)13(10)19)21-11(8)14(20)17(5-6-18)9-3-4-9/h7,9,18H,3-6H2,1-2H3. The molecular formula is C14H17N3O3S. The highest BCUT2D eigenvalue weighted by atomic mass is 32.1. The first-order valence-corrected chi connectivity index (χ1v) is 7.72. The van der Waals surface area contributed by atoms with Crippen LogP contribution in [0.25, 0.3) is 10.2 Å². The second kappa shape index (κ2) is 5.23.